The summed E-state index contributed by atoms with van der Waals surface area (Å²) in [5.74, 6) is -1.39. The van der Waals surface area contributed by atoms with Gasteiger partial charge in [-0.3, -0.25) is 4.79 Å². The van der Waals surface area contributed by atoms with Crippen LogP contribution in [0.2, 0.25) is 15.1 Å². The van der Waals surface area contributed by atoms with Gasteiger partial charge < -0.3 is 14.4 Å². The molecule has 1 amide bonds. The molecule has 1 aliphatic rings. The van der Waals surface area contributed by atoms with Crippen LogP contribution in [0.3, 0.4) is 0 Å². The zero-order valence-corrected chi connectivity index (χ0v) is 31.3. The van der Waals surface area contributed by atoms with Crippen molar-refractivity contribution < 1.29 is 19.1 Å². The Morgan fingerprint density at radius 2 is 1.51 bits per heavy atom. The van der Waals surface area contributed by atoms with Crippen LogP contribution in [-0.4, -0.2) is 42.8 Å². The molecule has 0 radical (unpaired) electrons. The highest BCUT2D eigenvalue weighted by molar-refractivity contribution is 6.99. The first-order valence-corrected chi connectivity index (χ1v) is 19.4. The van der Waals surface area contributed by atoms with E-state index < -0.39 is 19.7 Å². The van der Waals surface area contributed by atoms with Gasteiger partial charge in [-0.1, -0.05) is 135 Å². The van der Waals surface area contributed by atoms with Crippen molar-refractivity contribution in [2.24, 2.45) is 5.41 Å². The number of hydrogen-bond acceptors (Lipinski definition) is 3. The number of carbonyl (C=O) groups is 2. The molecule has 5 nitrogen and oxygen atoms in total. The minimum absolute atomic E-state index is 0.124. The number of halogens is 2. The third-order valence-corrected chi connectivity index (χ3v) is 15.4. The number of rotatable bonds is 11. The standard InChI is InChI=1S/C41H45Cl2NO4Si/c1-29(24-26-48-49(40(2,3)4,34-15-8-6-9-16-34)35-17-10-7-11-18-35)44-38(30-19-21-32(42)22-20-30)36(31-13-12-14-33(43)27-31)28-41(5,39(44)47)25-23-37(45)46/h6-23,25,27,29,36,38H,24,26,28H2,1-5H3,(H,45,46)/t29-,36+,38+,41-/m0/s1. The molecule has 4 aromatic rings. The van der Waals surface area contributed by atoms with Crippen LogP contribution in [0.25, 0.3) is 0 Å². The number of benzene rings is 4. The summed E-state index contributed by atoms with van der Waals surface area (Å²) in [5.41, 5.74) is 0.865. The molecule has 0 aromatic heterocycles. The van der Waals surface area contributed by atoms with Gasteiger partial charge in [0.05, 0.1) is 11.5 Å². The van der Waals surface area contributed by atoms with Gasteiger partial charge in [0.1, 0.15) is 0 Å². The fraction of sp³-hybridized carbons (Fsp3) is 0.317. The van der Waals surface area contributed by atoms with Gasteiger partial charge >= 0.3 is 5.97 Å². The summed E-state index contributed by atoms with van der Waals surface area (Å²) in [6.07, 6.45) is 3.61. The van der Waals surface area contributed by atoms with E-state index in [1.807, 2.05) is 72.5 Å². The molecule has 49 heavy (non-hydrogen) atoms. The Hall–Kier alpha value is -3.68. The van der Waals surface area contributed by atoms with E-state index in [0.717, 1.165) is 17.2 Å². The summed E-state index contributed by atoms with van der Waals surface area (Å²) in [7, 11) is -2.81. The largest absolute Gasteiger partial charge is 0.478 e. The second kappa shape index (κ2) is 15.1. The van der Waals surface area contributed by atoms with E-state index in [1.54, 1.807) is 6.08 Å². The fourth-order valence-corrected chi connectivity index (χ4v) is 12.4. The summed E-state index contributed by atoms with van der Waals surface area (Å²) >= 11 is 12.9. The lowest BCUT2D eigenvalue weighted by Gasteiger charge is -2.51. The van der Waals surface area contributed by atoms with E-state index in [0.29, 0.717) is 29.5 Å². The molecule has 4 aromatic carbocycles. The zero-order chi connectivity index (χ0) is 35.4. The number of carbonyl (C=O) groups excluding carboxylic acids is 1. The highest BCUT2D eigenvalue weighted by Crippen LogP contribution is 2.51. The molecule has 0 aliphatic carbocycles. The van der Waals surface area contributed by atoms with Gasteiger partial charge in [-0.15, -0.1) is 0 Å². The van der Waals surface area contributed by atoms with Crippen molar-refractivity contribution >= 4 is 53.8 Å². The highest BCUT2D eigenvalue weighted by Gasteiger charge is 2.52. The summed E-state index contributed by atoms with van der Waals surface area (Å²) in [6, 6.07) is 35.8. The van der Waals surface area contributed by atoms with Crippen LogP contribution in [0.5, 0.6) is 0 Å². The lowest BCUT2D eigenvalue weighted by molar-refractivity contribution is -0.151. The number of likely N-dealkylation sites (tertiary alicyclic amines) is 1. The number of aliphatic carboxylic acids is 1. The summed E-state index contributed by atoms with van der Waals surface area (Å²) in [6.45, 7) is 11.1. The van der Waals surface area contributed by atoms with E-state index in [-0.39, 0.29) is 28.9 Å². The molecule has 1 aliphatic heterocycles. The molecule has 1 fully saturated rings. The fourth-order valence-electron chi connectivity index (χ4n) is 7.51. The Morgan fingerprint density at radius 1 is 0.918 bits per heavy atom. The number of carboxylic acids is 1. The van der Waals surface area contributed by atoms with Crippen molar-refractivity contribution in [2.45, 2.75) is 70.5 Å². The van der Waals surface area contributed by atoms with Crippen molar-refractivity contribution in [2.75, 3.05) is 6.61 Å². The monoisotopic (exact) mass is 713 g/mol. The molecule has 1 saturated heterocycles. The van der Waals surface area contributed by atoms with Gasteiger partial charge in [0, 0.05) is 34.7 Å². The lowest BCUT2D eigenvalue weighted by atomic mass is 9.68. The molecule has 4 atom stereocenters. The number of carboxylic acid groups (broad SMARTS) is 1. The maximum absolute atomic E-state index is 14.8. The minimum atomic E-state index is -2.81. The summed E-state index contributed by atoms with van der Waals surface area (Å²) in [5, 5.41) is 13.0. The Labute approximate surface area is 301 Å². The predicted octanol–water partition coefficient (Wildman–Crippen LogP) is 9.05. The first-order valence-electron chi connectivity index (χ1n) is 16.8. The molecule has 0 bridgehead atoms. The van der Waals surface area contributed by atoms with Gasteiger partial charge in [-0.25, -0.2) is 4.79 Å². The normalized spacial score (nSPS) is 20.8. The highest BCUT2D eigenvalue weighted by atomic mass is 35.5. The third kappa shape index (κ3) is 7.73. The average Bonchev–Trinajstić information content (AvgIpc) is 3.07. The second-order valence-electron chi connectivity index (χ2n) is 14.3. The van der Waals surface area contributed by atoms with Crippen LogP contribution in [-0.2, 0) is 14.0 Å². The predicted molar refractivity (Wildman–Crippen MR) is 202 cm³/mol. The van der Waals surface area contributed by atoms with Crippen LogP contribution in [0.1, 0.15) is 70.5 Å². The van der Waals surface area contributed by atoms with Gasteiger partial charge in [-0.05, 0) is 77.5 Å². The quantitative estimate of drug-likeness (QED) is 0.124. The summed E-state index contributed by atoms with van der Waals surface area (Å²) < 4.78 is 7.25. The van der Waals surface area contributed by atoms with E-state index in [9.17, 15) is 14.7 Å². The molecular weight excluding hydrogens is 669 g/mol. The number of hydrogen-bond donors (Lipinski definition) is 1. The summed E-state index contributed by atoms with van der Waals surface area (Å²) in [4.78, 5) is 28.4. The first kappa shape index (κ1) is 36.6. The molecule has 0 unspecified atom stereocenters. The first-order chi connectivity index (χ1) is 23.3. The van der Waals surface area contributed by atoms with Crippen molar-refractivity contribution in [3.8, 4) is 0 Å². The number of piperidine rings is 1. The maximum Gasteiger partial charge on any atom is 0.328 e. The van der Waals surface area contributed by atoms with Crippen molar-refractivity contribution in [1.82, 2.24) is 4.90 Å². The Morgan fingerprint density at radius 3 is 2.04 bits per heavy atom. The Bertz CT molecular complexity index is 1740. The van der Waals surface area contributed by atoms with Crippen molar-refractivity contribution in [3.63, 3.8) is 0 Å². The second-order valence-corrected chi connectivity index (χ2v) is 19.5. The van der Waals surface area contributed by atoms with Crippen molar-refractivity contribution in [3.05, 3.63) is 143 Å². The smallest absolute Gasteiger partial charge is 0.328 e. The molecule has 8 heteroatoms. The van der Waals surface area contributed by atoms with E-state index in [4.69, 9.17) is 27.6 Å². The van der Waals surface area contributed by atoms with Crippen molar-refractivity contribution in [1.29, 1.82) is 0 Å². The molecular formula is C41H45Cl2NO4Si. The molecule has 0 saturated carbocycles. The topological polar surface area (TPSA) is 66.8 Å². The minimum Gasteiger partial charge on any atom is -0.478 e. The van der Waals surface area contributed by atoms with Crippen LogP contribution < -0.4 is 10.4 Å². The van der Waals surface area contributed by atoms with Gasteiger partial charge in [-0.2, -0.15) is 0 Å². The SMILES string of the molecule is C[C@@H](CCO[Si](c1ccccc1)(c1ccccc1)C(C)(C)C)N1C(=O)[C@@](C)(C=CC(=O)O)C[C@H](c2cccc(Cl)c2)[C@H]1c1ccc(Cl)cc1. The molecule has 256 valence electrons. The Kier molecular flexibility index (Phi) is 11.2. The van der Waals surface area contributed by atoms with Gasteiger partial charge in [0.15, 0.2) is 0 Å². The maximum atomic E-state index is 14.8. The molecule has 1 heterocycles. The third-order valence-electron chi connectivity index (χ3n) is 9.88. The zero-order valence-electron chi connectivity index (χ0n) is 28.8. The average molecular weight is 715 g/mol. The molecule has 5 rings (SSSR count). The number of amides is 1. The van der Waals surface area contributed by atoms with Gasteiger partial charge in [0.25, 0.3) is 8.32 Å². The van der Waals surface area contributed by atoms with E-state index >= 15 is 0 Å². The Balaban J connectivity index is 1.57. The lowest BCUT2D eigenvalue weighted by Crippen LogP contribution is -2.66. The van der Waals surface area contributed by atoms with Crippen LogP contribution in [0.15, 0.2) is 121 Å². The van der Waals surface area contributed by atoms with Crippen LogP contribution in [0.4, 0.5) is 0 Å². The number of nitrogens with zero attached hydrogens (tertiary/aromatic N) is 1. The van der Waals surface area contributed by atoms with Crippen LogP contribution in [0, 0.1) is 5.41 Å². The van der Waals surface area contributed by atoms with Crippen LogP contribution >= 0.6 is 23.2 Å². The molecule has 0 spiro atoms. The van der Waals surface area contributed by atoms with Gasteiger partial charge in [0.2, 0.25) is 5.91 Å². The molecule has 1 N–H and O–H groups in total. The van der Waals surface area contributed by atoms with E-state index in [1.165, 1.54) is 10.4 Å². The van der Waals surface area contributed by atoms with E-state index in [2.05, 4.69) is 76.2 Å².